The maximum absolute atomic E-state index is 11.4. The van der Waals surface area contributed by atoms with Crippen molar-refractivity contribution in [1.29, 1.82) is 0 Å². The summed E-state index contributed by atoms with van der Waals surface area (Å²) in [6.07, 6.45) is 4.59. The average Bonchev–Trinajstić information content (AvgIpc) is 2.69. The van der Waals surface area contributed by atoms with Crippen LogP contribution in [0.25, 0.3) is 0 Å². The highest BCUT2D eigenvalue weighted by Crippen LogP contribution is 2.06. The van der Waals surface area contributed by atoms with Gasteiger partial charge in [0.25, 0.3) is 0 Å². The smallest absolute Gasteiger partial charge is 0.151 e. The van der Waals surface area contributed by atoms with Crippen LogP contribution in [0.2, 0.25) is 0 Å². The number of carbonyl (C=O) groups is 1. The third kappa shape index (κ3) is 4.31. The summed E-state index contributed by atoms with van der Waals surface area (Å²) in [7, 11) is 0. The van der Waals surface area contributed by atoms with Crippen LogP contribution in [0.4, 0.5) is 0 Å². The molecule has 3 heteroatoms. The standard InChI is InChI=1S/C13H22N2O.H2/c1-3-5-6-10-15(4-2)11-8-12-13(16)7-9-14-12;/h5,12,14H,1,4,6-11H2,2H3;1H. The van der Waals surface area contributed by atoms with Crippen molar-refractivity contribution in [3.8, 4) is 0 Å². The lowest BCUT2D eigenvalue weighted by Gasteiger charge is -2.21. The normalized spacial score (nSPS) is 20.1. The van der Waals surface area contributed by atoms with Crippen molar-refractivity contribution in [2.24, 2.45) is 0 Å². The van der Waals surface area contributed by atoms with E-state index in [1.165, 1.54) is 0 Å². The minimum absolute atomic E-state index is 0. The van der Waals surface area contributed by atoms with E-state index in [4.69, 9.17) is 0 Å². The number of ketones is 1. The summed E-state index contributed by atoms with van der Waals surface area (Å²) < 4.78 is 0. The molecule has 0 aromatic rings. The van der Waals surface area contributed by atoms with Crippen molar-refractivity contribution in [2.45, 2.75) is 32.2 Å². The zero-order chi connectivity index (χ0) is 11.8. The number of Topliss-reactive ketones (excluding diaryl/α,β-unsaturated/α-hetero) is 1. The fourth-order valence-corrected chi connectivity index (χ4v) is 2.01. The molecule has 1 aliphatic rings. The molecule has 0 aromatic carbocycles. The lowest BCUT2D eigenvalue weighted by molar-refractivity contribution is -0.118. The summed E-state index contributed by atoms with van der Waals surface area (Å²) in [6.45, 7) is 9.61. The summed E-state index contributed by atoms with van der Waals surface area (Å²) in [5.74, 6) is 0.377. The summed E-state index contributed by atoms with van der Waals surface area (Å²) in [6, 6.07) is 0.101. The van der Waals surface area contributed by atoms with Crippen molar-refractivity contribution < 1.29 is 6.22 Å². The van der Waals surface area contributed by atoms with Crippen LogP contribution in [-0.4, -0.2) is 42.9 Å². The van der Waals surface area contributed by atoms with Gasteiger partial charge in [-0.05, 0) is 25.5 Å². The Morgan fingerprint density at radius 2 is 2.50 bits per heavy atom. The first-order valence-electron chi connectivity index (χ1n) is 6.10. The maximum atomic E-state index is 11.4. The molecule has 0 spiro atoms. The largest absolute Gasteiger partial charge is 0.307 e. The number of rotatable bonds is 7. The van der Waals surface area contributed by atoms with E-state index in [-0.39, 0.29) is 7.47 Å². The van der Waals surface area contributed by atoms with Crippen LogP contribution in [0.3, 0.4) is 0 Å². The second-order valence-electron chi connectivity index (χ2n) is 4.14. The van der Waals surface area contributed by atoms with Gasteiger partial charge in [-0.2, -0.15) is 0 Å². The van der Waals surface area contributed by atoms with Crippen molar-refractivity contribution in [3.63, 3.8) is 0 Å². The Hall–Kier alpha value is -0.890. The molecule has 1 heterocycles. The zero-order valence-electron chi connectivity index (χ0n) is 10.2. The molecular weight excluding hydrogens is 200 g/mol. The van der Waals surface area contributed by atoms with Crippen LogP contribution in [0.5, 0.6) is 0 Å². The molecule has 1 rings (SSSR count). The minimum atomic E-state index is 0. The Balaban J connectivity index is 0.00000256. The average molecular weight is 224 g/mol. The molecule has 1 N–H and O–H groups in total. The van der Waals surface area contributed by atoms with E-state index in [1.807, 2.05) is 6.08 Å². The monoisotopic (exact) mass is 224 g/mol. The Kier molecular flexibility index (Phi) is 6.09. The van der Waals surface area contributed by atoms with E-state index in [0.717, 1.165) is 39.0 Å². The highest BCUT2D eigenvalue weighted by Gasteiger charge is 2.23. The van der Waals surface area contributed by atoms with Gasteiger partial charge in [0.2, 0.25) is 0 Å². The van der Waals surface area contributed by atoms with Gasteiger partial charge in [0, 0.05) is 27.5 Å². The minimum Gasteiger partial charge on any atom is -0.307 e. The maximum Gasteiger partial charge on any atom is 0.151 e. The van der Waals surface area contributed by atoms with Crippen molar-refractivity contribution >= 4 is 5.78 Å². The fraction of sp³-hybridized carbons (Fsp3) is 0.692. The quantitative estimate of drug-likeness (QED) is 0.667. The van der Waals surface area contributed by atoms with Gasteiger partial charge >= 0.3 is 0 Å². The molecule has 1 unspecified atom stereocenters. The van der Waals surface area contributed by atoms with Crippen LogP contribution < -0.4 is 5.32 Å². The Labute approximate surface area is 99.7 Å². The summed E-state index contributed by atoms with van der Waals surface area (Å²) in [4.78, 5) is 13.8. The van der Waals surface area contributed by atoms with Gasteiger partial charge in [-0.3, -0.25) is 4.79 Å². The zero-order valence-corrected chi connectivity index (χ0v) is 10.2. The highest BCUT2D eigenvalue weighted by atomic mass is 16.1. The molecule has 1 fully saturated rings. The lowest BCUT2D eigenvalue weighted by Crippen LogP contribution is -2.34. The van der Waals surface area contributed by atoms with Crippen LogP contribution in [-0.2, 0) is 4.79 Å². The van der Waals surface area contributed by atoms with E-state index in [9.17, 15) is 4.79 Å². The first kappa shape index (κ1) is 13.2. The van der Waals surface area contributed by atoms with Crippen LogP contribution in [0, 0.1) is 0 Å². The Bertz CT molecular complexity index is 275. The van der Waals surface area contributed by atoms with E-state index in [0.29, 0.717) is 12.2 Å². The molecule has 0 saturated carbocycles. The number of hydrogen-bond acceptors (Lipinski definition) is 3. The van der Waals surface area contributed by atoms with Gasteiger partial charge in [-0.25, -0.2) is 0 Å². The Morgan fingerprint density at radius 3 is 3.06 bits per heavy atom. The SMILES string of the molecule is C=C=CCCN(CC)CCC1NCCC1=O.[HH]. The molecule has 0 aromatic heterocycles. The first-order chi connectivity index (χ1) is 7.77. The van der Waals surface area contributed by atoms with Crippen molar-refractivity contribution in [1.82, 2.24) is 10.2 Å². The molecule has 1 saturated heterocycles. The Morgan fingerprint density at radius 1 is 1.69 bits per heavy atom. The van der Waals surface area contributed by atoms with Gasteiger partial charge in [0.15, 0.2) is 5.78 Å². The van der Waals surface area contributed by atoms with Gasteiger partial charge in [-0.15, -0.1) is 5.73 Å². The van der Waals surface area contributed by atoms with Crippen LogP contribution in [0.1, 0.15) is 27.6 Å². The first-order valence-corrected chi connectivity index (χ1v) is 6.10. The van der Waals surface area contributed by atoms with Crippen molar-refractivity contribution in [2.75, 3.05) is 26.2 Å². The van der Waals surface area contributed by atoms with Crippen LogP contribution in [0.15, 0.2) is 18.4 Å². The number of nitrogens with one attached hydrogen (secondary N) is 1. The molecule has 1 aliphatic heterocycles. The number of carbonyl (C=O) groups excluding carboxylic acids is 1. The molecule has 92 valence electrons. The predicted molar refractivity (Wildman–Crippen MR) is 68.6 cm³/mol. The molecule has 16 heavy (non-hydrogen) atoms. The predicted octanol–water partition coefficient (Wildman–Crippen LogP) is 1.61. The molecular formula is C13H24N2O. The topological polar surface area (TPSA) is 32.3 Å². The summed E-state index contributed by atoms with van der Waals surface area (Å²) in [5.41, 5.74) is 2.78. The molecule has 0 aliphatic carbocycles. The van der Waals surface area contributed by atoms with Gasteiger partial charge in [0.1, 0.15) is 0 Å². The van der Waals surface area contributed by atoms with E-state index >= 15 is 0 Å². The van der Waals surface area contributed by atoms with Gasteiger partial charge in [-0.1, -0.05) is 13.5 Å². The van der Waals surface area contributed by atoms with E-state index in [2.05, 4.69) is 29.5 Å². The summed E-state index contributed by atoms with van der Waals surface area (Å²) >= 11 is 0. The van der Waals surface area contributed by atoms with Gasteiger partial charge in [0.05, 0.1) is 6.04 Å². The van der Waals surface area contributed by atoms with E-state index < -0.39 is 0 Å². The van der Waals surface area contributed by atoms with Crippen LogP contribution >= 0.6 is 0 Å². The lowest BCUT2D eigenvalue weighted by atomic mass is 10.1. The molecule has 0 bridgehead atoms. The molecule has 0 amide bonds. The fourth-order valence-electron chi connectivity index (χ4n) is 2.01. The van der Waals surface area contributed by atoms with E-state index in [1.54, 1.807) is 0 Å². The molecule has 0 radical (unpaired) electrons. The third-order valence-electron chi connectivity index (χ3n) is 3.07. The second kappa shape index (κ2) is 7.39. The van der Waals surface area contributed by atoms with Crippen molar-refractivity contribution in [3.05, 3.63) is 18.4 Å². The van der Waals surface area contributed by atoms with Gasteiger partial charge < -0.3 is 10.2 Å². The summed E-state index contributed by atoms with van der Waals surface area (Å²) in [5, 5.41) is 3.25. The highest BCUT2D eigenvalue weighted by molar-refractivity contribution is 5.86. The second-order valence-corrected chi connectivity index (χ2v) is 4.14. The molecule has 3 nitrogen and oxygen atoms in total. The number of nitrogens with zero attached hydrogens (tertiary/aromatic N) is 1. The third-order valence-corrected chi connectivity index (χ3v) is 3.07. The molecule has 1 atom stereocenters. The number of hydrogen-bond donors (Lipinski definition) is 1.